The van der Waals surface area contributed by atoms with E-state index < -0.39 is 4.92 Å². The molecule has 0 radical (unpaired) electrons. The largest absolute Gasteiger partial charge is 0.324 e. The molecular formula is C15H16N4O3S. The number of aromatic nitrogens is 1. The molecule has 2 amide bonds. The van der Waals surface area contributed by atoms with Gasteiger partial charge in [-0.25, -0.2) is 9.78 Å². The Morgan fingerprint density at radius 2 is 2.09 bits per heavy atom. The Hall–Kier alpha value is -2.48. The maximum Gasteiger partial charge on any atom is 0.323 e. The molecule has 1 saturated heterocycles. The number of carbonyl (C=O) groups is 1. The van der Waals surface area contributed by atoms with Crippen LogP contribution in [0.4, 0.5) is 15.6 Å². The van der Waals surface area contributed by atoms with E-state index in [0.29, 0.717) is 16.4 Å². The lowest BCUT2D eigenvalue weighted by Gasteiger charge is -2.26. The van der Waals surface area contributed by atoms with Crippen LogP contribution in [0.25, 0.3) is 11.3 Å². The lowest BCUT2D eigenvalue weighted by molar-refractivity contribution is -0.384. The fourth-order valence-electron chi connectivity index (χ4n) is 2.51. The summed E-state index contributed by atoms with van der Waals surface area (Å²) in [5.74, 6) is 0. The minimum absolute atomic E-state index is 0.0226. The minimum Gasteiger partial charge on any atom is -0.324 e. The van der Waals surface area contributed by atoms with Gasteiger partial charge in [0, 0.05) is 36.2 Å². The molecule has 2 aromatic rings. The van der Waals surface area contributed by atoms with Crippen LogP contribution in [0.3, 0.4) is 0 Å². The van der Waals surface area contributed by atoms with Gasteiger partial charge >= 0.3 is 6.03 Å². The fraction of sp³-hybridized carbons (Fsp3) is 0.333. The van der Waals surface area contributed by atoms with E-state index in [1.807, 2.05) is 0 Å². The molecule has 1 aromatic heterocycles. The van der Waals surface area contributed by atoms with Crippen molar-refractivity contribution in [3.8, 4) is 11.3 Å². The van der Waals surface area contributed by atoms with E-state index in [-0.39, 0.29) is 11.7 Å². The zero-order valence-electron chi connectivity index (χ0n) is 12.4. The number of hydrogen-bond donors (Lipinski definition) is 1. The second-order valence-corrected chi connectivity index (χ2v) is 6.18. The minimum atomic E-state index is -0.436. The van der Waals surface area contributed by atoms with Crippen LogP contribution in [-0.2, 0) is 0 Å². The van der Waals surface area contributed by atoms with E-state index >= 15 is 0 Å². The topological polar surface area (TPSA) is 88.4 Å². The third-order valence-corrected chi connectivity index (χ3v) is 4.47. The highest BCUT2D eigenvalue weighted by atomic mass is 32.1. The second kappa shape index (κ2) is 6.74. The molecule has 1 aliphatic rings. The predicted molar refractivity (Wildman–Crippen MR) is 88.6 cm³/mol. The molecule has 1 fully saturated rings. The van der Waals surface area contributed by atoms with Gasteiger partial charge in [-0.15, -0.1) is 11.3 Å². The number of nitro benzene ring substituents is 1. The number of nitro groups is 1. The van der Waals surface area contributed by atoms with Crippen LogP contribution in [0.15, 0.2) is 29.6 Å². The third-order valence-electron chi connectivity index (χ3n) is 3.71. The second-order valence-electron chi connectivity index (χ2n) is 5.32. The highest BCUT2D eigenvalue weighted by Gasteiger charge is 2.18. The Kier molecular flexibility index (Phi) is 4.52. The molecule has 1 N–H and O–H groups in total. The molecular weight excluding hydrogens is 316 g/mol. The summed E-state index contributed by atoms with van der Waals surface area (Å²) in [4.78, 5) is 28.7. The van der Waals surface area contributed by atoms with Crippen molar-refractivity contribution in [1.29, 1.82) is 0 Å². The lowest BCUT2D eigenvalue weighted by atomic mass is 10.1. The van der Waals surface area contributed by atoms with Crippen LogP contribution in [0.2, 0.25) is 0 Å². The van der Waals surface area contributed by atoms with Gasteiger partial charge in [0.1, 0.15) is 0 Å². The van der Waals surface area contributed by atoms with Crippen molar-refractivity contribution in [2.45, 2.75) is 19.3 Å². The summed E-state index contributed by atoms with van der Waals surface area (Å²) in [5, 5.41) is 15.9. The summed E-state index contributed by atoms with van der Waals surface area (Å²) in [6.07, 6.45) is 3.23. The van der Waals surface area contributed by atoms with Gasteiger partial charge in [0.15, 0.2) is 5.13 Å². The molecule has 0 bridgehead atoms. The van der Waals surface area contributed by atoms with Gasteiger partial charge in [-0.1, -0.05) is 12.1 Å². The number of benzene rings is 1. The number of nitrogens with zero attached hydrogens (tertiary/aromatic N) is 3. The van der Waals surface area contributed by atoms with E-state index in [1.54, 1.807) is 22.4 Å². The van der Waals surface area contributed by atoms with Gasteiger partial charge in [-0.2, -0.15) is 0 Å². The molecule has 8 heteroatoms. The van der Waals surface area contributed by atoms with Gasteiger partial charge in [0.2, 0.25) is 0 Å². The fourth-order valence-corrected chi connectivity index (χ4v) is 3.22. The van der Waals surface area contributed by atoms with Crippen LogP contribution in [0.5, 0.6) is 0 Å². The molecule has 1 aromatic carbocycles. The smallest absolute Gasteiger partial charge is 0.323 e. The van der Waals surface area contributed by atoms with Crippen molar-refractivity contribution < 1.29 is 9.72 Å². The maximum absolute atomic E-state index is 12.1. The first-order valence-corrected chi connectivity index (χ1v) is 8.28. The normalized spacial score (nSPS) is 14.5. The van der Waals surface area contributed by atoms with E-state index in [9.17, 15) is 14.9 Å². The number of rotatable bonds is 3. The average molecular weight is 332 g/mol. The van der Waals surface area contributed by atoms with E-state index in [4.69, 9.17) is 0 Å². The Bertz CT molecular complexity index is 725. The highest BCUT2D eigenvalue weighted by Crippen LogP contribution is 2.27. The van der Waals surface area contributed by atoms with Crippen LogP contribution in [0, 0.1) is 10.1 Å². The van der Waals surface area contributed by atoms with Gasteiger partial charge in [0.05, 0.1) is 10.6 Å². The molecule has 0 atom stereocenters. The van der Waals surface area contributed by atoms with Crippen LogP contribution in [0.1, 0.15) is 19.3 Å². The monoisotopic (exact) mass is 332 g/mol. The summed E-state index contributed by atoms with van der Waals surface area (Å²) < 4.78 is 0. The van der Waals surface area contributed by atoms with Crippen molar-refractivity contribution in [1.82, 2.24) is 9.88 Å². The summed E-state index contributed by atoms with van der Waals surface area (Å²) in [7, 11) is 0. The quantitative estimate of drug-likeness (QED) is 0.685. The Labute approximate surface area is 137 Å². The third kappa shape index (κ3) is 3.65. The van der Waals surface area contributed by atoms with Crippen molar-refractivity contribution in [2.24, 2.45) is 0 Å². The summed E-state index contributed by atoms with van der Waals surface area (Å²) >= 11 is 1.31. The lowest BCUT2D eigenvalue weighted by Crippen LogP contribution is -2.38. The Morgan fingerprint density at radius 3 is 2.83 bits per heavy atom. The number of likely N-dealkylation sites (tertiary alicyclic amines) is 1. The summed E-state index contributed by atoms with van der Waals surface area (Å²) in [5.41, 5.74) is 1.30. The molecule has 0 aliphatic carbocycles. The first-order chi connectivity index (χ1) is 11.1. The summed E-state index contributed by atoms with van der Waals surface area (Å²) in [6, 6.07) is 6.17. The molecule has 0 saturated carbocycles. The highest BCUT2D eigenvalue weighted by molar-refractivity contribution is 7.14. The van der Waals surface area contributed by atoms with Gasteiger partial charge in [-0.05, 0) is 19.3 Å². The number of hydrogen-bond acceptors (Lipinski definition) is 5. The zero-order valence-corrected chi connectivity index (χ0v) is 13.2. The van der Waals surface area contributed by atoms with E-state index in [2.05, 4.69) is 10.3 Å². The van der Waals surface area contributed by atoms with Gasteiger partial charge < -0.3 is 4.90 Å². The SMILES string of the molecule is O=C(Nc1nc(-c2cccc([N+](=O)[O-])c2)cs1)N1CCCCC1. The van der Waals surface area contributed by atoms with Crippen molar-refractivity contribution in [2.75, 3.05) is 18.4 Å². The summed E-state index contributed by atoms with van der Waals surface area (Å²) in [6.45, 7) is 1.55. The number of piperidine rings is 1. The molecule has 1 aliphatic heterocycles. The van der Waals surface area contributed by atoms with E-state index in [1.165, 1.54) is 23.5 Å². The van der Waals surface area contributed by atoms with E-state index in [0.717, 1.165) is 32.4 Å². The van der Waals surface area contributed by atoms with Gasteiger partial charge in [-0.3, -0.25) is 15.4 Å². The number of non-ortho nitro benzene ring substituents is 1. The number of nitrogens with one attached hydrogen (secondary N) is 1. The number of carbonyl (C=O) groups excluding carboxylic acids is 1. The zero-order chi connectivity index (χ0) is 16.2. The average Bonchev–Trinajstić information content (AvgIpc) is 3.04. The van der Waals surface area contributed by atoms with Crippen molar-refractivity contribution in [3.63, 3.8) is 0 Å². The first-order valence-electron chi connectivity index (χ1n) is 7.40. The number of thiazole rings is 1. The molecule has 120 valence electrons. The molecule has 0 unspecified atom stereocenters. The first kappa shape index (κ1) is 15.4. The van der Waals surface area contributed by atoms with Crippen LogP contribution < -0.4 is 5.32 Å². The Balaban J connectivity index is 1.71. The number of anilines is 1. The maximum atomic E-state index is 12.1. The van der Waals surface area contributed by atoms with Crippen LogP contribution in [-0.4, -0.2) is 33.9 Å². The molecule has 2 heterocycles. The predicted octanol–water partition coefficient (Wildman–Crippen LogP) is 3.74. The van der Waals surface area contributed by atoms with Gasteiger partial charge in [0.25, 0.3) is 5.69 Å². The number of urea groups is 1. The number of amides is 2. The molecule has 23 heavy (non-hydrogen) atoms. The molecule has 7 nitrogen and oxygen atoms in total. The van der Waals surface area contributed by atoms with Crippen molar-refractivity contribution in [3.05, 3.63) is 39.8 Å². The molecule has 3 rings (SSSR count). The standard InChI is InChI=1S/C15H16N4O3S/c20-15(18-7-2-1-3-8-18)17-14-16-13(10-23-14)11-5-4-6-12(9-11)19(21)22/h4-6,9-10H,1-3,7-8H2,(H,16,17,20). The van der Waals surface area contributed by atoms with Crippen LogP contribution >= 0.6 is 11.3 Å². The molecule has 0 spiro atoms. The van der Waals surface area contributed by atoms with Crippen molar-refractivity contribution >= 4 is 28.2 Å². The Morgan fingerprint density at radius 1 is 1.30 bits per heavy atom.